The third-order valence-corrected chi connectivity index (χ3v) is 3.55. The van der Waals surface area contributed by atoms with Crippen molar-refractivity contribution in [2.45, 2.75) is 19.4 Å². The molecular weight excluding hydrogens is 279 g/mol. The number of amides is 2. The van der Waals surface area contributed by atoms with E-state index in [4.69, 9.17) is 10.8 Å². The number of carboxylic acids is 1. The number of rotatable bonds is 4. The summed E-state index contributed by atoms with van der Waals surface area (Å²) in [6, 6.07) is 3.78. The van der Waals surface area contributed by atoms with Crippen molar-refractivity contribution in [3.63, 3.8) is 0 Å². The van der Waals surface area contributed by atoms with Gasteiger partial charge in [0.05, 0.1) is 5.92 Å². The Kier molecular flexibility index (Phi) is 4.21. The quantitative estimate of drug-likeness (QED) is 0.855. The number of aliphatic carboxylic acids is 1. The minimum Gasteiger partial charge on any atom is -0.481 e. The summed E-state index contributed by atoms with van der Waals surface area (Å²) in [6.07, 6.45) is 0.436. The molecular formula is C14H15FN2O4. The average molecular weight is 294 g/mol. The van der Waals surface area contributed by atoms with Crippen LogP contribution in [0.25, 0.3) is 0 Å². The number of likely N-dealkylation sites (tertiary alicyclic amines) is 1. The zero-order valence-corrected chi connectivity index (χ0v) is 11.2. The van der Waals surface area contributed by atoms with Gasteiger partial charge in [0.15, 0.2) is 0 Å². The smallest absolute Gasteiger partial charge is 0.308 e. The Labute approximate surface area is 120 Å². The van der Waals surface area contributed by atoms with Gasteiger partial charge in [-0.25, -0.2) is 4.39 Å². The standard InChI is InChI=1S/C14H15FN2O4/c15-11-5-8(13(16)19)1-2-9(11)6-17-7-10(14(20)21)3-4-12(17)18/h1-2,5,10H,3-4,6-7H2,(H2,16,19)(H,20,21). The van der Waals surface area contributed by atoms with Crippen LogP contribution in [0.5, 0.6) is 0 Å². The molecule has 7 heteroatoms. The molecule has 2 rings (SSSR count). The van der Waals surface area contributed by atoms with Gasteiger partial charge < -0.3 is 15.7 Å². The number of nitrogens with zero attached hydrogens (tertiary/aromatic N) is 1. The molecule has 1 unspecified atom stereocenters. The summed E-state index contributed by atoms with van der Waals surface area (Å²) < 4.78 is 13.9. The van der Waals surface area contributed by atoms with Crippen LogP contribution in [0, 0.1) is 11.7 Å². The molecule has 6 nitrogen and oxygen atoms in total. The lowest BCUT2D eigenvalue weighted by Gasteiger charge is -2.30. The van der Waals surface area contributed by atoms with Crippen molar-refractivity contribution in [3.8, 4) is 0 Å². The van der Waals surface area contributed by atoms with Crippen LogP contribution in [0.15, 0.2) is 18.2 Å². The molecule has 1 saturated heterocycles. The Morgan fingerprint density at radius 1 is 1.43 bits per heavy atom. The molecule has 1 aromatic rings. The van der Waals surface area contributed by atoms with Crippen LogP contribution in [-0.2, 0) is 16.1 Å². The van der Waals surface area contributed by atoms with Crippen LogP contribution < -0.4 is 5.73 Å². The molecule has 0 aromatic heterocycles. The first-order valence-electron chi connectivity index (χ1n) is 6.47. The molecule has 1 aromatic carbocycles. The molecule has 0 radical (unpaired) electrons. The van der Waals surface area contributed by atoms with Crippen molar-refractivity contribution < 1.29 is 23.9 Å². The molecule has 1 atom stereocenters. The molecule has 112 valence electrons. The van der Waals surface area contributed by atoms with Gasteiger partial charge >= 0.3 is 5.97 Å². The normalized spacial score (nSPS) is 18.6. The number of carbonyl (C=O) groups is 3. The van der Waals surface area contributed by atoms with Crippen molar-refractivity contribution in [1.82, 2.24) is 4.90 Å². The molecule has 1 fully saturated rings. The van der Waals surface area contributed by atoms with Crippen LogP contribution in [0.4, 0.5) is 4.39 Å². The summed E-state index contributed by atoms with van der Waals surface area (Å²) in [4.78, 5) is 35.0. The molecule has 2 amide bonds. The molecule has 3 N–H and O–H groups in total. The van der Waals surface area contributed by atoms with E-state index >= 15 is 0 Å². The summed E-state index contributed by atoms with van der Waals surface area (Å²) >= 11 is 0. The van der Waals surface area contributed by atoms with E-state index in [2.05, 4.69) is 0 Å². The van der Waals surface area contributed by atoms with Gasteiger partial charge in [0.25, 0.3) is 0 Å². The Hall–Kier alpha value is -2.44. The van der Waals surface area contributed by atoms with Crippen LogP contribution in [0.2, 0.25) is 0 Å². The fourth-order valence-corrected chi connectivity index (χ4v) is 2.30. The topological polar surface area (TPSA) is 101 Å². The summed E-state index contributed by atoms with van der Waals surface area (Å²) in [5.41, 5.74) is 5.32. The summed E-state index contributed by atoms with van der Waals surface area (Å²) in [7, 11) is 0. The number of hydrogen-bond acceptors (Lipinski definition) is 3. The number of primary amides is 1. The second-order valence-corrected chi connectivity index (χ2v) is 5.02. The number of piperidine rings is 1. The van der Waals surface area contributed by atoms with Gasteiger partial charge in [-0.15, -0.1) is 0 Å². The van der Waals surface area contributed by atoms with E-state index in [0.29, 0.717) is 6.42 Å². The molecule has 0 aliphatic carbocycles. The maximum absolute atomic E-state index is 13.9. The van der Waals surface area contributed by atoms with Gasteiger partial charge in [-0.2, -0.15) is 0 Å². The van der Waals surface area contributed by atoms with Crippen molar-refractivity contribution in [3.05, 3.63) is 35.1 Å². The fourth-order valence-electron chi connectivity index (χ4n) is 2.30. The molecule has 21 heavy (non-hydrogen) atoms. The zero-order chi connectivity index (χ0) is 15.6. The van der Waals surface area contributed by atoms with Crippen LogP contribution >= 0.6 is 0 Å². The van der Waals surface area contributed by atoms with E-state index in [1.807, 2.05) is 0 Å². The first kappa shape index (κ1) is 15.0. The minimum atomic E-state index is -0.961. The Balaban J connectivity index is 2.14. The Morgan fingerprint density at radius 3 is 2.71 bits per heavy atom. The Morgan fingerprint density at radius 2 is 2.14 bits per heavy atom. The third kappa shape index (κ3) is 3.36. The first-order chi connectivity index (χ1) is 9.88. The number of carboxylic acid groups (broad SMARTS) is 1. The highest BCUT2D eigenvalue weighted by molar-refractivity contribution is 5.92. The number of nitrogens with two attached hydrogens (primary N) is 1. The van der Waals surface area contributed by atoms with E-state index in [9.17, 15) is 18.8 Å². The number of carbonyl (C=O) groups excluding carboxylic acids is 2. The van der Waals surface area contributed by atoms with Gasteiger partial charge in [0.1, 0.15) is 5.82 Å². The predicted molar refractivity (Wildman–Crippen MR) is 70.7 cm³/mol. The lowest BCUT2D eigenvalue weighted by molar-refractivity contribution is -0.147. The monoisotopic (exact) mass is 294 g/mol. The average Bonchev–Trinajstić information content (AvgIpc) is 2.42. The molecule has 0 bridgehead atoms. The van der Waals surface area contributed by atoms with Crippen molar-refractivity contribution in [2.75, 3.05) is 6.54 Å². The lowest BCUT2D eigenvalue weighted by Crippen LogP contribution is -2.42. The van der Waals surface area contributed by atoms with E-state index in [0.717, 1.165) is 6.07 Å². The second-order valence-electron chi connectivity index (χ2n) is 5.02. The van der Waals surface area contributed by atoms with Crippen molar-refractivity contribution in [2.24, 2.45) is 11.7 Å². The fraction of sp³-hybridized carbons (Fsp3) is 0.357. The number of benzene rings is 1. The SMILES string of the molecule is NC(=O)c1ccc(CN2CC(C(=O)O)CCC2=O)c(F)c1. The van der Waals surface area contributed by atoms with Gasteiger partial charge in [0.2, 0.25) is 11.8 Å². The van der Waals surface area contributed by atoms with Crippen molar-refractivity contribution >= 4 is 17.8 Å². The second kappa shape index (κ2) is 5.90. The molecule has 1 heterocycles. The van der Waals surface area contributed by atoms with Crippen LogP contribution in [0.3, 0.4) is 0 Å². The van der Waals surface area contributed by atoms with E-state index in [1.165, 1.54) is 17.0 Å². The van der Waals surface area contributed by atoms with Crippen LogP contribution in [0.1, 0.15) is 28.8 Å². The van der Waals surface area contributed by atoms with Gasteiger partial charge in [-0.1, -0.05) is 6.07 Å². The lowest BCUT2D eigenvalue weighted by atomic mass is 9.97. The summed E-state index contributed by atoms with van der Waals surface area (Å²) in [5.74, 6) is -3.17. The number of halogens is 1. The van der Waals surface area contributed by atoms with Crippen molar-refractivity contribution in [1.29, 1.82) is 0 Å². The zero-order valence-electron chi connectivity index (χ0n) is 11.2. The molecule has 1 aliphatic rings. The van der Waals surface area contributed by atoms with Gasteiger partial charge in [-0.05, 0) is 18.6 Å². The largest absolute Gasteiger partial charge is 0.481 e. The first-order valence-corrected chi connectivity index (χ1v) is 6.47. The highest BCUT2D eigenvalue weighted by Gasteiger charge is 2.30. The van der Waals surface area contributed by atoms with E-state index in [-0.39, 0.29) is 36.5 Å². The predicted octanol–water partition coefficient (Wildman–Crippen LogP) is 0.748. The summed E-state index contributed by atoms with van der Waals surface area (Å²) in [6.45, 7) is 0.0403. The number of hydrogen-bond donors (Lipinski definition) is 2. The molecule has 1 aliphatic heterocycles. The highest BCUT2D eigenvalue weighted by atomic mass is 19.1. The van der Waals surface area contributed by atoms with E-state index < -0.39 is 23.6 Å². The molecule has 0 saturated carbocycles. The van der Waals surface area contributed by atoms with Gasteiger partial charge in [0, 0.05) is 30.6 Å². The third-order valence-electron chi connectivity index (χ3n) is 3.55. The van der Waals surface area contributed by atoms with E-state index in [1.54, 1.807) is 0 Å². The molecule has 0 spiro atoms. The maximum atomic E-state index is 13.9. The van der Waals surface area contributed by atoms with Gasteiger partial charge in [-0.3, -0.25) is 14.4 Å². The summed E-state index contributed by atoms with van der Waals surface area (Å²) in [5, 5.41) is 9.00. The highest BCUT2D eigenvalue weighted by Crippen LogP contribution is 2.21. The minimum absolute atomic E-state index is 0.0203. The Bertz CT molecular complexity index is 603. The van der Waals surface area contributed by atoms with Crippen LogP contribution in [-0.4, -0.2) is 34.3 Å². The maximum Gasteiger partial charge on any atom is 0.308 e.